The summed E-state index contributed by atoms with van der Waals surface area (Å²) in [6.07, 6.45) is 5.67. The highest BCUT2D eigenvalue weighted by atomic mass is 15.3. The Kier molecular flexibility index (Phi) is 2.82. The second kappa shape index (κ2) is 4.80. The topological polar surface area (TPSA) is 15.3 Å². The molecule has 2 heteroatoms. The van der Waals surface area contributed by atoms with Gasteiger partial charge >= 0.3 is 0 Å². The minimum Gasteiger partial charge on any atom is -0.372 e. The maximum atomic E-state index is 3.52. The van der Waals surface area contributed by atoms with Crippen molar-refractivity contribution in [3.05, 3.63) is 77.0 Å². The third-order valence-electron chi connectivity index (χ3n) is 4.33. The van der Waals surface area contributed by atoms with Gasteiger partial charge in [0.05, 0.1) is 0 Å². The zero-order valence-electron chi connectivity index (χ0n) is 11.4. The first-order chi connectivity index (χ1) is 9.92. The molecule has 2 aliphatic rings. The molecular formula is C18H18N2. The molecule has 2 aromatic rings. The van der Waals surface area contributed by atoms with Crippen LogP contribution in [0, 0.1) is 0 Å². The Hall–Kier alpha value is -2.06. The summed E-state index contributed by atoms with van der Waals surface area (Å²) in [7, 11) is 0. The summed E-state index contributed by atoms with van der Waals surface area (Å²) in [6, 6.07) is 17.5. The number of rotatable bonds is 1. The van der Waals surface area contributed by atoms with E-state index >= 15 is 0 Å². The zero-order chi connectivity index (χ0) is 13.4. The lowest BCUT2D eigenvalue weighted by Gasteiger charge is -2.37. The van der Waals surface area contributed by atoms with Crippen LogP contribution in [-0.2, 0) is 13.0 Å². The van der Waals surface area contributed by atoms with E-state index in [0.717, 1.165) is 19.5 Å². The van der Waals surface area contributed by atoms with Crippen LogP contribution in [0.15, 0.2) is 54.7 Å². The second-order valence-corrected chi connectivity index (χ2v) is 5.52. The van der Waals surface area contributed by atoms with Crippen LogP contribution in [0.3, 0.4) is 0 Å². The van der Waals surface area contributed by atoms with Crippen LogP contribution in [0.5, 0.6) is 0 Å². The molecule has 0 aliphatic carbocycles. The van der Waals surface area contributed by atoms with E-state index in [2.05, 4.69) is 71.0 Å². The Morgan fingerprint density at radius 2 is 1.75 bits per heavy atom. The molecule has 0 saturated heterocycles. The Labute approximate surface area is 119 Å². The van der Waals surface area contributed by atoms with Crippen molar-refractivity contribution >= 4 is 6.08 Å². The van der Waals surface area contributed by atoms with Crippen molar-refractivity contribution in [2.75, 3.05) is 6.54 Å². The summed E-state index contributed by atoms with van der Waals surface area (Å²) in [5.74, 6) is 0. The first-order valence-corrected chi connectivity index (χ1v) is 7.24. The molecule has 0 spiro atoms. The predicted octanol–water partition coefficient (Wildman–Crippen LogP) is 3.32. The molecule has 0 bridgehead atoms. The molecule has 1 unspecified atom stereocenters. The maximum absolute atomic E-state index is 3.52. The first kappa shape index (κ1) is 11.7. The van der Waals surface area contributed by atoms with E-state index in [1.807, 2.05) is 0 Å². The summed E-state index contributed by atoms with van der Waals surface area (Å²) in [5.41, 5.74) is 5.68. The molecule has 0 saturated carbocycles. The van der Waals surface area contributed by atoms with Gasteiger partial charge in [0.25, 0.3) is 0 Å². The summed E-state index contributed by atoms with van der Waals surface area (Å²) in [6.45, 7) is 2.13. The van der Waals surface area contributed by atoms with Crippen molar-refractivity contribution in [2.24, 2.45) is 0 Å². The van der Waals surface area contributed by atoms with Crippen molar-refractivity contribution in [1.29, 1.82) is 0 Å². The number of hydrogen-bond acceptors (Lipinski definition) is 2. The van der Waals surface area contributed by atoms with Gasteiger partial charge < -0.3 is 5.32 Å². The molecule has 1 atom stereocenters. The van der Waals surface area contributed by atoms with E-state index in [4.69, 9.17) is 0 Å². The standard InChI is InChI=1S/C18H18N2/c1-2-7-16-13-20(12-10-14(16)5-1)18-17-8-4-3-6-15(17)9-11-19-18/h1-9,11,18-19H,10,12-13H2. The number of nitrogens with one attached hydrogen (secondary N) is 1. The lowest BCUT2D eigenvalue weighted by molar-refractivity contribution is 0.160. The molecular weight excluding hydrogens is 244 g/mol. The van der Waals surface area contributed by atoms with Crippen molar-refractivity contribution in [1.82, 2.24) is 10.2 Å². The van der Waals surface area contributed by atoms with Gasteiger partial charge in [0.15, 0.2) is 0 Å². The lowest BCUT2D eigenvalue weighted by Crippen LogP contribution is -2.40. The van der Waals surface area contributed by atoms with Crippen LogP contribution in [0.25, 0.3) is 6.08 Å². The Balaban J connectivity index is 1.66. The van der Waals surface area contributed by atoms with Crippen molar-refractivity contribution in [3.63, 3.8) is 0 Å². The van der Waals surface area contributed by atoms with E-state index in [9.17, 15) is 0 Å². The van der Waals surface area contributed by atoms with Crippen LogP contribution < -0.4 is 5.32 Å². The summed E-state index contributed by atoms with van der Waals surface area (Å²) in [4.78, 5) is 2.53. The van der Waals surface area contributed by atoms with Gasteiger partial charge in [0.1, 0.15) is 6.17 Å². The molecule has 100 valence electrons. The van der Waals surface area contributed by atoms with Crippen LogP contribution in [0.4, 0.5) is 0 Å². The van der Waals surface area contributed by atoms with Crippen molar-refractivity contribution < 1.29 is 0 Å². The number of fused-ring (bicyclic) bond motifs is 2. The van der Waals surface area contributed by atoms with Gasteiger partial charge in [-0.2, -0.15) is 0 Å². The minimum absolute atomic E-state index is 0.296. The van der Waals surface area contributed by atoms with Crippen LogP contribution in [0.2, 0.25) is 0 Å². The van der Waals surface area contributed by atoms with Crippen molar-refractivity contribution in [3.8, 4) is 0 Å². The molecule has 0 aromatic heterocycles. The Morgan fingerprint density at radius 1 is 0.950 bits per heavy atom. The lowest BCUT2D eigenvalue weighted by atomic mass is 9.96. The van der Waals surface area contributed by atoms with E-state index in [-0.39, 0.29) is 0 Å². The van der Waals surface area contributed by atoms with Crippen LogP contribution in [0.1, 0.15) is 28.4 Å². The Bertz CT molecular complexity index is 660. The highest BCUT2D eigenvalue weighted by molar-refractivity contribution is 5.56. The molecule has 20 heavy (non-hydrogen) atoms. The molecule has 0 fully saturated rings. The smallest absolute Gasteiger partial charge is 0.106 e. The van der Waals surface area contributed by atoms with Gasteiger partial charge in [-0.05, 0) is 41.0 Å². The van der Waals surface area contributed by atoms with Crippen molar-refractivity contribution in [2.45, 2.75) is 19.1 Å². The molecule has 0 radical (unpaired) electrons. The fourth-order valence-electron chi connectivity index (χ4n) is 3.27. The normalized spacial score (nSPS) is 20.9. The number of nitrogens with zero attached hydrogens (tertiary/aromatic N) is 1. The average molecular weight is 262 g/mol. The highest BCUT2D eigenvalue weighted by Crippen LogP contribution is 2.30. The zero-order valence-corrected chi connectivity index (χ0v) is 11.4. The van der Waals surface area contributed by atoms with Gasteiger partial charge in [-0.25, -0.2) is 0 Å². The average Bonchev–Trinajstić information content (AvgIpc) is 2.54. The molecule has 0 amide bonds. The van der Waals surface area contributed by atoms with E-state index in [1.165, 1.54) is 22.3 Å². The number of hydrogen-bond donors (Lipinski definition) is 1. The molecule has 2 aliphatic heterocycles. The summed E-state index contributed by atoms with van der Waals surface area (Å²) < 4.78 is 0. The third kappa shape index (κ3) is 1.93. The maximum Gasteiger partial charge on any atom is 0.106 e. The molecule has 2 aromatic carbocycles. The largest absolute Gasteiger partial charge is 0.372 e. The Morgan fingerprint density at radius 3 is 2.70 bits per heavy atom. The fourth-order valence-corrected chi connectivity index (χ4v) is 3.27. The van der Waals surface area contributed by atoms with Gasteiger partial charge in [0, 0.05) is 13.1 Å². The highest BCUT2D eigenvalue weighted by Gasteiger charge is 2.26. The monoisotopic (exact) mass is 262 g/mol. The van der Waals surface area contributed by atoms with E-state index in [1.54, 1.807) is 0 Å². The number of benzene rings is 2. The third-order valence-corrected chi connectivity index (χ3v) is 4.33. The fraction of sp³-hybridized carbons (Fsp3) is 0.222. The SMILES string of the molecule is C1=Cc2ccccc2C(N2CCc3ccccc3C2)N1. The quantitative estimate of drug-likeness (QED) is 0.848. The summed E-state index contributed by atoms with van der Waals surface area (Å²) in [5, 5.41) is 3.52. The van der Waals surface area contributed by atoms with Gasteiger partial charge in [-0.15, -0.1) is 0 Å². The van der Waals surface area contributed by atoms with Gasteiger partial charge in [0.2, 0.25) is 0 Å². The second-order valence-electron chi connectivity index (χ2n) is 5.52. The molecule has 2 nitrogen and oxygen atoms in total. The van der Waals surface area contributed by atoms with Crippen LogP contribution >= 0.6 is 0 Å². The van der Waals surface area contributed by atoms with Gasteiger partial charge in [-0.3, -0.25) is 4.90 Å². The van der Waals surface area contributed by atoms with Gasteiger partial charge in [-0.1, -0.05) is 48.5 Å². The predicted molar refractivity (Wildman–Crippen MR) is 81.9 cm³/mol. The van der Waals surface area contributed by atoms with Crippen LogP contribution in [-0.4, -0.2) is 11.4 Å². The molecule has 4 rings (SSSR count). The van der Waals surface area contributed by atoms with E-state index in [0.29, 0.717) is 6.17 Å². The molecule has 1 N–H and O–H groups in total. The molecule has 2 heterocycles. The first-order valence-electron chi connectivity index (χ1n) is 7.24. The minimum atomic E-state index is 0.296. The van der Waals surface area contributed by atoms with E-state index < -0.39 is 0 Å². The summed E-state index contributed by atoms with van der Waals surface area (Å²) >= 11 is 0.